The van der Waals surface area contributed by atoms with Crippen LogP contribution in [0.25, 0.3) is 0 Å². The highest BCUT2D eigenvalue weighted by Gasteiger charge is 2.01. The Morgan fingerprint density at radius 3 is 2.94 bits per heavy atom. The molecule has 0 aliphatic rings. The molecule has 0 spiro atoms. The minimum Gasteiger partial charge on any atom is -0.493 e. The molecule has 0 saturated carbocycles. The number of ether oxygens (including phenoxy) is 1. The smallest absolute Gasteiger partial charge is 0.122 e. The Bertz CT molecular complexity index is 334. The number of rotatable bonds is 7. The summed E-state index contributed by atoms with van der Waals surface area (Å²) in [7, 11) is 1.97. The van der Waals surface area contributed by atoms with Crippen molar-refractivity contribution in [1.82, 2.24) is 5.32 Å². The summed E-state index contributed by atoms with van der Waals surface area (Å²) in [6.07, 6.45) is 3.80. The molecule has 1 N–H and O–H groups in total. The number of nitrogens with one attached hydrogen (secondary N) is 1. The first kappa shape index (κ1) is 12.8. The first-order valence-corrected chi connectivity index (χ1v) is 5.75. The fourth-order valence-corrected chi connectivity index (χ4v) is 1.48. The Balaban J connectivity index is 2.62. The van der Waals surface area contributed by atoms with E-state index < -0.39 is 0 Å². The molecule has 2 heteroatoms. The minimum absolute atomic E-state index is 0.708. The molecule has 1 aromatic rings. The van der Waals surface area contributed by atoms with Crippen LogP contribution in [0.15, 0.2) is 30.9 Å². The van der Waals surface area contributed by atoms with Crippen molar-refractivity contribution in [3.63, 3.8) is 0 Å². The first-order chi connectivity index (χ1) is 7.77. The van der Waals surface area contributed by atoms with E-state index in [1.807, 2.05) is 13.1 Å². The molecule has 0 atom stereocenters. The van der Waals surface area contributed by atoms with Crippen molar-refractivity contribution in [3.8, 4) is 5.75 Å². The first-order valence-electron chi connectivity index (χ1n) is 5.75. The van der Waals surface area contributed by atoms with Gasteiger partial charge < -0.3 is 10.1 Å². The number of aryl methyl sites for hydroxylation is 1. The highest BCUT2D eigenvalue weighted by atomic mass is 16.5. The van der Waals surface area contributed by atoms with Gasteiger partial charge in [0.1, 0.15) is 5.75 Å². The van der Waals surface area contributed by atoms with Crippen molar-refractivity contribution in [3.05, 3.63) is 42.0 Å². The standard InChI is InChI=1S/C14H21NO/c1-4-5-10-16-14-11-13(8-9-15-3)7-6-12(14)2/h4,6-7,11,15H,1,5,8-10H2,2-3H3. The molecule has 0 amide bonds. The summed E-state index contributed by atoms with van der Waals surface area (Å²) in [5.41, 5.74) is 2.51. The van der Waals surface area contributed by atoms with Gasteiger partial charge in [-0.15, -0.1) is 6.58 Å². The molecule has 0 saturated heterocycles. The second-order valence-electron chi connectivity index (χ2n) is 3.88. The van der Waals surface area contributed by atoms with E-state index in [9.17, 15) is 0 Å². The molecule has 0 fully saturated rings. The van der Waals surface area contributed by atoms with Crippen molar-refractivity contribution in [2.45, 2.75) is 19.8 Å². The van der Waals surface area contributed by atoms with Crippen LogP contribution in [0.5, 0.6) is 5.75 Å². The van der Waals surface area contributed by atoms with Gasteiger partial charge in [-0.05, 0) is 50.6 Å². The Hall–Kier alpha value is -1.28. The van der Waals surface area contributed by atoms with E-state index in [2.05, 4.69) is 37.0 Å². The zero-order chi connectivity index (χ0) is 11.8. The lowest BCUT2D eigenvalue weighted by Gasteiger charge is -2.10. The monoisotopic (exact) mass is 219 g/mol. The van der Waals surface area contributed by atoms with Gasteiger partial charge in [0.05, 0.1) is 6.61 Å². The summed E-state index contributed by atoms with van der Waals surface area (Å²) in [4.78, 5) is 0. The van der Waals surface area contributed by atoms with Gasteiger partial charge in [-0.2, -0.15) is 0 Å². The van der Waals surface area contributed by atoms with Gasteiger partial charge in [0, 0.05) is 0 Å². The van der Waals surface area contributed by atoms with Crippen LogP contribution in [0, 0.1) is 6.92 Å². The van der Waals surface area contributed by atoms with Crippen LogP contribution < -0.4 is 10.1 Å². The lowest BCUT2D eigenvalue weighted by Crippen LogP contribution is -2.10. The summed E-state index contributed by atoms with van der Waals surface area (Å²) < 4.78 is 5.71. The zero-order valence-corrected chi connectivity index (χ0v) is 10.3. The van der Waals surface area contributed by atoms with E-state index in [0.29, 0.717) is 6.61 Å². The number of hydrogen-bond acceptors (Lipinski definition) is 2. The third kappa shape index (κ3) is 4.07. The fourth-order valence-electron chi connectivity index (χ4n) is 1.48. The maximum atomic E-state index is 5.71. The average Bonchev–Trinajstić information content (AvgIpc) is 2.30. The van der Waals surface area contributed by atoms with E-state index >= 15 is 0 Å². The van der Waals surface area contributed by atoms with Crippen LogP contribution in [0.3, 0.4) is 0 Å². The molecule has 88 valence electrons. The van der Waals surface area contributed by atoms with Crippen molar-refractivity contribution in [2.75, 3.05) is 20.2 Å². The van der Waals surface area contributed by atoms with Gasteiger partial charge in [-0.1, -0.05) is 18.2 Å². The van der Waals surface area contributed by atoms with E-state index in [1.54, 1.807) is 0 Å². The van der Waals surface area contributed by atoms with E-state index in [4.69, 9.17) is 4.74 Å². The predicted octanol–water partition coefficient (Wildman–Crippen LogP) is 2.71. The van der Waals surface area contributed by atoms with Gasteiger partial charge in [-0.3, -0.25) is 0 Å². The lowest BCUT2D eigenvalue weighted by molar-refractivity contribution is 0.322. The molecule has 2 nitrogen and oxygen atoms in total. The molecule has 0 radical (unpaired) electrons. The highest BCUT2D eigenvalue weighted by Crippen LogP contribution is 2.20. The molecular formula is C14H21NO. The second-order valence-corrected chi connectivity index (χ2v) is 3.88. The summed E-state index contributed by atoms with van der Waals surface area (Å²) in [6, 6.07) is 6.41. The molecule has 0 aliphatic heterocycles. The largest absolute Gasteiger partial charge is 0.493 e. The van der Waals surface area contributed by atoms with Gasteiger partial charge in [-0.25, -0.2) is 0 Å². The summed E-state index contributed by atoms with van der Waals surface area (Å²) in [5.74, 6) is 0.996. The minimum atomic E-state index is 0.708. The topological polar surface area (TPSA) is 21.3 Å². The van der Waals surface area contributed by atoms with Crippen LogP contribution >= 0.6 is 0 Å². The molecule has 0 bridgehead atoms. The Kier molecular flexibility index (Phi) is 5.65. The van der Waals surface area contributed by atoms with Gasteiger partial charge >= 0.3 is 0 Å². The number of hydrogen-bond donors (Lipinski definition) is 1. The third-order valence-corrected chi connectivity index (χ3v) is 2.50. The van der Waals surface area contributed by atoms with Crippen molar-refractivity contribution >= 4 is 0 Å². The van der Waals surface area contributed by atoms with Gasteiger partial charge in [0.15, 0.2) is 0 Å². The number of benzene rings is 1. The lowest BCUT2D eigenvalue weighted by atomic mass is 10.1. The summed E-state index contributed by atoms with van der Waals surface area (Å²) in [6.45, 7) is 7.46. The highest BCUT2D eigenvalue weighted by molar-refractivity contribution is 5.36. The predicted molar refractivity (Wildman–Crippen MR) is 69.1 cm³/mol. The van der Waals surface area contributed by atoms with Gasteiger partial charge in [0.25, 0.3) is 0 Å². The second kappa shape index (κ2) is 7.07. The molecule has 1 aromatic carbocycles. The Morgan fingerprint density at radius 1 is 1.44 bits per heavy atom. The van der Waals surface area contributed by atoms with Gasteiger partial charge in [0.2, 0.25) is 0 Å². The molecule has 0 aromatic heterocycles. The third-order valence-electron chi connectivity index (χ3n) is 2.50. The van der Waals surface area contributed by atoms with Crippen molar-refractivity contribution in [1.29, 1.82) is 0 Å². The van der Waals surface area contributed by atoms with Crippen molar-refractivity contribution < 1.29 is 4.74 Å². The number of likely N-dealkylation sites (N-methyl/N-ethyl adjacent to an activating group) is 1. The summed E-state index contributed by atoms with van der Waals surface area (Å²) in [5, 5.41) is 3.15. The van der Waals surface area contributed by atoms with Crippen LogP contribution in [0.2, 0.25) is 0 Å². The SMILES string of the molecule is C=CCCOc1cc(CCNC)ccc1C. The van der Waals surface area contributed by atoms with E-state index in [-0.39, 0.29) is 0 Å². The van der Waals surface area contributed by atoms with Crippen molar-refractivity contribution in [2.24, 2.45) is 0 Å². The Morgan fingerprint density at radius 2 is 2.25 bits per heavy atom. The van der Waals surface area contributed by atoms with E-state index in [1.165, 1.54) is 11.1 Å². The molecule has 0 heterocycles. The maximum Gasteiger partial charge on any atom is 0.122 e. The molecular weight excluding hydrogens is 198 g/mol. The average molecular weight is 219 g/mol. The Labute approximate surface area is 98.3 Å². The maximum absolute atomic E-state index is 5.71. The zero-order valence-electron chi connectivity index (χ0n) is 10.3. The molecule has 0 aliphatic carbocycles. The van der Waals surface area contributed by atoms with E-state index in [0.717, 1.165) is 25.1 Å². The van der Waals surface area contributed by atoms with Crippen LogP contribution in [-0.4, -0.2) is 20.2 Å². The quantitative estimate of drug-likeness (QED) is 0.562. The van der Waals surface area contributed by atoms with Crippen LogP contribution in [0.1, 0.15) is 17.5 Å². The summed E-state index contributed by atoms with van der Waals surface area (Å²) >= 11 is 0. The fraction of sp³-hybridized carbons (Fsp3) is 0.429. The molecule has 16 heavy (non-hydrogen) atoms. The molecule has 0 unspecified atom stereocenters. The van der Waals surface area contributed by atoms with Crippen LogP contribution in [-0.2, 0) is 6.42 Å². The normalized spacial score (nSPS) is 10.1. The van der Waals surface area contributed by atoms with Crippen LogP contribution in [0.4, 0.5) is 0 Å². The molecule has 1 rings (SSSR count).